The fourth-order valence-electron chi connectivity index (χ4n) is 1.68. The number of nitrogens with one attached hydrogen (secondary N) is 1. The zero-order valence-corrected chi connectivity index (χ0v) is 11.2. The van der Waals surface area contributed by atoms with Crippen LogP contribution in [-0.4, -0.2) is 23.0 Å². The van der Waals surface area contributed by atoms with Crippen LogP contribution in [0.15, 0.2) is 24.3 Å². The van der Waals surface area contributed by atoms with Crippen LogP contribution in [0.3, 0.4) is 0 Å². The maximum atomic E-state index is 11.4. The van der Waals surface area contributed by atoms with Crippen molar-refractivity contribution in [2.45, 2.75) is 32.9 Å². The van der Waals surface area contributed by atoms with Crippen molar-refractivity contribution in [2.75, 3.05) is 0 Å². The predicted octanol–water partition coefficient (Wildman–Crippen LogP) is 0.913. The minimum absolute atomic E-state index is 0.280. The first-order chi connectivity index (χ1) is 8.90. The number of aliphatic carboxylic acids is 1. The summed E-state index contributed by atoms with van der Waals surface area (Å²) in [4.78, 5) is 21.9. The Morgan fingerprint density at radius 3 is 2.21 bits per heavy atom. The molecule has 104 valence electrons. The third-order valence-electron chi connectivity index (χ3n) is 2.68. The summed E-state index contributed by atoms with van der Waals surface area (Å²) in [5.41, 5.74) is 7.35. The molecule has 1 rings (SSSR count). The van der Waals surface area contributed by atoms with Crippen LogP contribution in [0.2, 0.25) is 0 Å². The molecule has 4 N–H and O–H groups in total. The quantitative estimate of drug-likeness (QED) is 0.666. The third kappa shape index (κ3) is 5.09. The van der Waals surface area contributed by atoms with Crippen LogP contribution in [0.4, 0.5) is 0 Å². The number of benzene rings is 1. The van der Waals surface area contributed by atoms with E-state index >= 15 is 0 Å². The minimum Gasteiger partial charge on any atom is -0.480 e. The normalized spacial score (nSPS) is 12.2. The summed E-state index contributed by atoms with van der Waals surface area (Å²) in [6, 6.07) is 6.35. The zero-order valence-electron chi connectivity index (χ0n) is 11.2. The van der Waals surface area contributed by atoms with Crippen molar-refractivity contribution in [3.63, 3.8) is 0 Å². The van der Waals surface area contributed by atoms with Crippen molar-refractivity contribution >= 4 is 11.9 Å². The minimum atomic E-state index is -1.51. The van der Waals surface area contributed by atoms with Crippen LogP contribution in [0.1, 0.15) is 25.0 Å². The Balaban J connectivity index is 2.50. The van der Waals surface area contributed by atoms with Crippen LogP contribution in [0.5, 0.6) is 0 Å². The van der Waals surface area contributed by atoms with E-state index in [1.54, 1.807) is 0 Å². The second kappa shape index (κ2) is 6.89. The number of rotatable bonds is 6. The molecule has 1 unspecified atom stereocenters. The lowest BCUT2D eigenvalue weighted by molar-refractivity contribution is -0.142. The molecule has 1 amide bonds. The number of hydrogen-bond donors (Lipinski definition) is 3. The fourth-order valence-corrected chi connectivity index (χ4v) is 1.68. The van der Waals surface area contributed by atoms with E-state index in [-0.39, 0.29) is 6.54 Å². The summed E-state index contributed by atoms with van der Waals surface area (Å²) in [7, 11) is 0. The van der Waals surface area contributed by atoms with Crippen LogP contribution in [0, 0.1) is 5.92 Å². The van der Waals surface area contributed by atoms with E-state index in [2.05, 4.69) is 19.2 Å². The predicted molar refractivity (Wildman–Crippen MR) is 72.4 cm³/mol. The highest BCUT2D eigenvalue weighted by Crippen LogP contribution is 2.09. The van der Waals surface area contributed by atoms with Gasteiger partial charge in [0.15, 0.2) is 6.04 Å². The largest absolute Gasteiger partial charge is 0.480 e. The number of carbonyl (C=O) groups excluding carboxylic acids is 1. The highest BCUT2D eigenvalue weighted by molar-refractivity contribution is 6.00. The van der Waals surface area contributed by atoms with Gasteiger partial charge in [-0.2, -0.15) is 0 Å². The average molecular weight is 264 g/mol. The zero-order chi connectivity index (χ0) is 14.4. The van der Waals surface area contributed by atoms with E-state index in [0.717, 1.165) is 12.0 Å². The molecule has 5 nitrogen and oxygen atoms in total. The number of hydrogen-bond acceptors (Lipinski definition) is 3. The van der Waals surface area contributed by atoms with Gasteiger partial charge < -0.3 is 16.2 Å². The number of carboxylic acids is 1. The molecule has 0 aliphatic rings. The molecule has 19 heavy (non-hydrogen) atoms. The molecule has 0 saturated heterocycles. The summed E-state index contributed by atoms with van der Waals surface area (Å²) in [5, 5.41) is 11.1. The smallest absolute Gasteiger partial charge is 0.330 e. The van der Waals surface area contributed by atoms with Gasteiger partial charge in [0.2, 0.25) is 5.91 Å². The second-order valence-electron chi connectivity index (χ2n) is 4.95. The van der Waals surface area contributed by atoms with Crippen molar-refractivity contribution in [3.05, 3.63) is 35.4 Å². The molecule has 0 bridgehead atoms. The molecule has 0 heterocycles. The first kappa shape index (κ1) is 15.2. The molecule has 0 radical (unpaired) electrons. The Labute approximate surface area is 112 Å². The van der Waals surface area contributed by atoms with Crippen molar-refractivity contribution in [3.8, 4) is 0 Å². The van der Waals surface area contributed by atoms with E-state index in [0.29, 0.717) is 5.92 Å². The average Bonchev–Trinajstić information content (AvgIpc) is 2.35. The Hall–Kier alpha value is -1.88. The standard InChI is InChI=1S/C14H20N2O3/c1-9(2)7-10-3-5-11(6-4-10)8-16-13(17)12(15)14(18)19/h3-6,9,12H,7-8,15H2,1-2H3,(H,16,17)(H,18,19). The van der Waals surface area contributed by atoms with Gasteiger partial charge in [-0.3, -0.25) is 4.79 Å². The molecule has 1 aromatic rings. The SMILES string of the molecule is CC(C)Cc1ccc(CNC(=O)C(N)C(=O)O)cc1. The summed E-state index contributed by atoms with van der Waals surface area (Å²) in [5.74, 6) is -1.41. The lowest BCUT2D eigenvalue weighted by Gasteiger charge is -2.09. The van der Waals surface area contributed by atoms with Gasteiger partial charge in [0.05, 0.1) is 0 Å². The molecule has 0 spiro atoms. The van der Waals surface area contributed by atoms with Gasteiger partial charge in [-0.15, -0.1) is 0 Å². The van der Waals surface area contributed by atoms with Gasteiger partial charge in [0.25, 0.3) is 0 Å². The Morgan fingerprint density at radius 1 is 1.21 bits per heavy atom. The monoisotopic (exact) mass is 264 g/mol. The van der Waals surface area contributed by atoms with Gasteiger partial charge in [0.1, 0.15) is 0 Å². The fraction of sp³-hybridized carbons (Fsp3) is 0.429. The third-order valence-corrected chi connectivity index (χ3v) is 2.68. The lowest BCUT2D eigenvalue weighted by atomic mass is 10.0. The maximum absolute atomic E-state index is 11.4. The molecule has 0 aromatic heterocycles. The molecule has 0 aliphatic carbocycles. The van der Waals surface area contributed by atoms with Gasteiger partial charge in [-0.1, -0.05) is 38.1 Å². The number of amides is 1. The van der Waals surface area contributed by atoms with Crippen LogP contribution in [-0.2, 0) is 22.6 Å². The topological polar surface area (TPSA) is 92.4 Å². The van der Waals surface area contributed by atoms with Gasteiger partial charge in [-0.05, 0) is 23.5 Å². The lowest BCUT2D eigenvalue weighted by Crippen LogP contribution is -2.45. The maximum Gasteiger partial charge on any atom is 0.330 e. The van der Waals surface area contributed by atoms with Gasteiger partial charge in [-0.25, -0.2) is 4.79 Å². The molecule has 1 atom stereocenters. The highest BCUT2D eigenvalue weighted by atomic mass is 16.4. The van der Waals surface area contributed by atoms with E-state index < -0.39 is 17.9 Å². The second-order valence-corrected chi connectivity index (χ2v) is 4.95. The van der Waals surface area contributed by atoms with E-state index in [1.165, 1.54) is 5.56 Å². The Morgan fingerprint density at radius 2 is 1.74 bits per heavy atom. The van der Waals surface area contributed by atoms with Crippen molar-refractivity contribution < 1.29 is 14.7 Å². The number of nitrogens with two attached hydrogens (primary N) is 1. The van der Waals surface area contributed by atoms with E-state index in [9.17, 15) is 9.59 Å². The van der Waals surface area contributed by atoms with Crippen molar-refractivity contribution in [2.24, 2.45) is 11.7 Å². The van der Waals surface area contributed by atoms with Crippen LogP contribution < -0.4 is 11.1 Å². The van der Waals surface area contributed by atoms with Gasteiger partial charge in [0, 0.05) is 6.54 Å². The molecule has 0 saturated carbocycles. The highest BCUT2D eigenvalue weighted by Gasteiger charge is 2.20. The molecular formula is C14H20N2O3. The summed E-state index contributed by atoms with van der Waals surface area (Å²) in [6.07, 6.45) is 1.01. The first-order valence-corrected chi connectivity index (χ1v) is 6.24. The van der Waals surface area contributed by atoms with Crippen LogP contribution in [0.25, 0.3) is 0 Å². The Kier molecular flexibility index (Phi) is 5.51. The van der Waals surface area contributed by atoms with Gasteiger partial charge >= 0.3 is 5.97 Å². The number of carboxylic acid groups (broad SMARTS) is 1. The van der Waals surface area contributed by atoms with E-state index in [4.69, 9.17) is 10.8 Å². The molecule has 0 aliphatic heterocycles. The summed E-state index contributed by atoms with van der Waals surface area (Å²) >= 11 is 0. The van der Waals surface area contributed by atoms with Crippen molar-refractivity contribution in [1.29, 1.82) is 0 Å². The summed E-state index contributed by atoms with van der Waals surface area (Å²) in [6.45, 7) is 4.59. The molecule has 5 heteroatoms. The van der Waals surface area contributed by atoms with Crippen LogP contribution >= 0.6 is 0 Å². The molecule has 1 aromatic carbocycles. The van der Waals surface area contributed by atoms with Crippen molar-refractivity contribution in [1.82, 2.24) is 5.32 Å². The van der Waals surface area contributed by atoms with E-state index in [1.807, 2.05) is 24.3 Å². The first-order valence-electron chi connectivity index (χ1n) is 6.24. The number of carbonyl (C=O) groups is 2. The molecule has 0 fully saturated rings. The Bertz CT molecular complexity index is 441. The summed E-state index contributed by atoms with van der Waals surface area (Å²) < 4.78 is 0. The molecular weight excluding hydrogens is 244 g/mol.